The van der Waals surface area contributed by atoms with Crippen molar-refractivity contribution >= 4 is 5.91 Å². The summed E-state index contributed by atoms with van der Waals surface area (Å²) in [5, 5.41) is 2.81. The van der Waals surface area contributed by atoms with Crippen molar-refractivity contribution in [2.75, 3.05) is 20.1 Å². The lowest BCUT2D eigenvalue weighted by Crippen LogP contribution is -2.33. The first-order chi connectivity index (χ1) is 9.63. The van der Waals surface area contributed by atoms with E-state index in [4.69, 9.17) is 0 Å². The lowest BCUT2D eigenvalue weighted by Gasteiger charge is -2.29. The summed E-state index contributed by atoms with van der Waals surface area (Å²) in [7, 11) is 2.13. The summed E-state index contributed by atoms with van der Waals surface area (Å²) in [6.07, 6.45) is 5.26. The van der Waals surface area contributed by atoms with Gasteiger partial charge in [0, 0.05) is 19.0 Å². The zero-order valence-corrected chi connectivity index (χ0v) is 11.9. The third kappa shape index (κ3) is 4.77. The van der Waals surface area contributed by atoms with Crippen LogP contribution in [0, 0.1) is 5.92 Å². The number of hydrogen-bond acceptors (Lipinski definition) is 4. The largest absolute Gasteiger partial charge is 0.350 e. The Morgan fingerprint density at radius 2 is 2.45 bits per heavy atom. The van der Waals surface area contributed by atoms with Gasteiger partial charge in [-0.15, -0.1) is 0 Å². The van der Waals surface area contributed by atoms with E-state index >= 15 is 0 Å². The van der Waals surface area contributed by atoms with Crippen molar-refractivity contribution in [2.45, 2.75) is 32.2 Å². The molecule has 1 fully saturated rings. The molecule has 0 aliphatic carbocycles. The molecule has 1 aliphatic rings. The van der Waals surface area contributed by atoms with Gasteiger partial charge < -0.3 is 15.2 Å². The lowest BCUT2D eigenvalue weighted by atomic mass is 9.93. The minimum Gasteiger partial charge on any atom is -0.350 e. The van der Waals surface area contributed by atoms with Gasteiger partial charge in [-0.05, 0) is 38.8 Å². The minimum absolute atomic E-state index is 0.0281. The van der Waals surface area contributed by atoms with Crippen molar-refractivity contribution in [3.05, 3.63) is 28.4 Å². The van der Waals surface area contributed by atoms with E-state index in [1.807, 2.05) is 0 Å². The number of nitrogens with one attached hydrogen (secondary N) is 2. The van der Waals surface area contributed by atoms with Crippen LogP contribution >= 0.6 is 0 Å². The van der Waals surface area contributed by atoms with Gasteiger partial charge in [-0.2, -0.15) is 0 Å². The van der Waals surface area contributed by atoms with Crippen LogP contribution in [-0.4, -0.2) is 40.9 Å². The van der Waals surface area contributed by atoms with Gasteiger partial charge in [-0.1, -0.05) is 0 Å². The normalized spacial score (nSPS) is 19.8. The third-order valence-corrected chi connectivity index (χ3v) is 3.70. The molecule has 2 heterocycles. The summed E-state index contributed by atoms with van der Waals surface area (Å²) in [6.45, 7) is 2.56. The standard InChI is InChI=1S/C14H22N4O2/c1-18-6-2-3-11(9-18)4-5-13(19)15-8-12-7-14(20)17-10-16-12/h7,10-11H,2-6,8-9H2,1H3,(H,15,19)(H,16,17,20)/t11-/m0/s1. The average molecular weight is 278 g/mol. The number of piperidine rings is 1. The Morgan fingerprint density at radius 1 is 1.60 bits per heavy atom. The second-order valence-corrected chi connectivity index (χ2v) is 5.49. The monoisotopic (exact) mass is 278 g/mol. The Balaban J connectivity index is 1.69. The van der Waals surface area contributed by atoms with E-state index in [1.165, 1.54) is 25.2 Å². The van der Waals surface area contributed by atoms with E-state index in [0.29, 0.717) is 24.6 Å². The van der Waals surface area contributed by atoms with Crippen LogP contribution < -0.4 is 10.9 Å². The highest BCUT2D eigenvalue weighted by molar-refractivity contribution is 5.75. The maximum absolute atomic E-state index is 11.8. The molecular formula is C14H22N4O2. The molecule has 1 aromatic rings. The quantitative estimate of drug-likeness (QED) is 0.822. The van der Waals surface area contributed by atoms with Crippen LogP contribution in [0.1, 0.15) is 31.4 Å². The lowest BCUT2D eigenvalue weighted by molar-refractivity contribution is -0.121. The molecule has 0 unspecified atom stereocenters. The first kappa shape index (κ1) is 14.7. The molecule has 110 valence electrons. The number of amides is 1. The van der Waals surface area contributed by atoms with Crippen molar-refractivity contribution in [2.24, 2.45) is 5.92 Å². The average Bonchev–Trinajstić information content (AvgIpc) is 2.43. The van der Waals surface area contributed by atoms with Crippen molar-refractivity contribution in [3.63, 3.8) is 0 Å². The van der Waals surface area contributed by atoms with Gasteiger partial charge in [-0.3, -0.25) is 9.59 Å². The smallest absolute Gasteiger partial charge is 0.250 e. The van der Waals surface area contributed by atoms with Crippen molar-refractivity contribution in [1.82, 2.24) is 20.2 Å². The molecule has 0 radical (unpaired) electrons. The van der Waals surface area contributed by atoms with E-state index in [1.54, 1.807) is 0 Å². The number of aromatic nitrogens is 2. The van der Waals surface area contributed by atoms with Crippen molar-refractivity contribution < 1.29 is 4.79 Å². The number of hydrogen-bond donors (Lipinski definition) is 2. The molecule has 0 spiro atoms. The first-order valence-electron chi connectivity index (χ1n) is 7.12. The molecule has 1 saturated heterocycles. The summed E-state index contributed by atoms with van der Waals surface area (Å²) in [5.41, 5.74) is 0.383. The number of carbonyl (C=O) groups is 1. The predicted octanol–water partition coefficient (Wildman–Crippen LogP) is 0.508. The fourth-order valence-corrected chi connectivity index (χ4v) is 2.63. The summed E-state index contributed by atoms with van der Waals surface area (Å²) in [4.78, 5) is 31.6. The van der Waals surface area contributed by atoms with E-state index in [-0.39, 0.29) is 11.5 Å². The summed E-state index contributed by atoms with van der Waals surface area (Å²) in [6, 6.07) is 1.40. The Morgan fingerprint density at radius 3 is 3.20 bits per heavy atom. The molecule has 1 atom stereocenters. The zero-order valence-electron chi connectivity index (χ0n) is 11.9. The van der Waals surface area contributed by atoms with E-state index in [0.717, 1.165) is 19.5 Å². The number of aromatic amines is 1. The van der Waals surface area contributed by atoms with Crippen LogP contribution in [0.15, 0.2) is 17.2 Å². The molecule has 1 aliphatic heterocycles. The molecular weight excluding hydrogens is 256 g/mol. The van der Waals surface area contributed by atoms with Crippen LogP contribution in [0.25, 0.3) is 0 Å². The van der Waals surface area contributed by atoms with Gasteiger partial charge in [0.15, 0.2) is 0 Å². The fraction of sp³-hybridized carbons (Fsp3) is 0.643. The van der Waals surface area contributed by atoms with E-state index in [9.17, 15) is 9.59 Å². The highest BCUT2D eigenvalue weighted by Gasteiger charge is 2.17. The second-order valence-electron chi connectivity index (χ2n) is 5.49. The van der Waals surface area contributed by atoms with Crippen LogP contribution in [-0.2, 0) is 11.3 Å². The summed E-state index contributed by atoms with van der Waals surface area (Å²) >= 11 is 0. The minimum atomic E-state index is -0.200. The Kier molecular flexibility index (Phi) is 5.29. The topological polar surface area (TPSA) is 78.1 Å². The Bertz CT molecular complexity index is 500. The number of rotatable bonds is 5. The second kappa shape index (κ2) is 7.19. The first-order valence-corrected chi connectivity index (χ1v) is 7.12. The molecule has 0 saturated carbocycles. The zero-order chi connectivity index (χ0) is 14.4. The fourth-order valence-electron chi connectivity index (χ4n) is 2.63. The number of carbonyl (C=O) groups excluding carboxylic acids is 1. The SMILES string of the molecule is CN1CCC[C@@H](CCC(=O)NCc2cc(=O)[nH]cn2)C1. The molecule has 6 heteroatoms. The molecule has 20 heavy (non-hydrogen) atoms. The van der Waals surface area contributed by atoms with Gasteiger partial charge in [0.1, 0.15) is 0 Å². The van der Waals surface area contributed by atoms with Gasteiger partial charge in [0.05, 0.1) is 18.6 Å². The van der Waals surface area contributed by atoms with E-state index < -0.39 is 0 Å². The molecule has 0 bridgehead atoms. The van der Waals surface area contributed by atoms with Crippen LogP contribution in [0.4, 0.5) is 0 Å². The molecule has 6 nitrogen and oxygen atoms in total. The van der Waals surface area contributed by atoms with E-state index in [2.05, 4.69) is 27.2 Å². The summed E-state index contributed by atoms with van der Waals surface area (Å²) < 4.78 is 0. The maximum atomic E-state index is 11.8. The van der Waals surface area contributed by atoms with Gasteiger partial charge in [0.2, 0.25) is 5.91 Å². The van der Waals surface area contributed by atoms with Gasteiger partial charge >= 0.3 is 0 Å². The highest BCUT2D eigenvalue weighted by Crippen LogP contribution is 2.19. The van der Waals surface area contributed by atoms with Gasteiger partial charge in [0.25, 0.3) is 5.56 Å². The van der Waals surface area contributed by atoms with Crippen molar-refractivity contribution in [1.29, 1.82) is 0 Å². The molecule has 2 N–H and O–H groups in total. The maximum Gasteiger partial charge on any atom is 0.250 e. The molecule has 0 aromatic carbocycles. The molecule has 1 aromatic heterocycles. The van der Waals surface area contributed by atoms with Crippen LogP contribution in [0.5, 0.6) is 0 Å². The number of nitrogens with zero attached hydrogens (tertiary/aromatic N) is 2. The van der Waals surface area contributed by atoms with Crippen LogP contribution in [0.2, 0.25) is 0 Å². The molecule has 2 rings (SSSR count). The Hall–Kier alpha value is -1.69. The van der Waals surface area contributed by atoms with Gasteiger partial charge in [-0.25, -0.2) is 4.98 Å². The summed E-state index contributed by atoms with van der Waals surface area (Å²) in [5.74, 6) is 0.650. The number of H-pyrrole nitrogens is 1. The molecule has 1 amide bonds. The Labute approximate surface area is 118 Å². The number of likely N-dealkylation sites (tertiary alicyclic amines) is 1. The van der Waals surface area contributed by atoms with Crippen molar-refractivity contribution in [3.8, 4) is 0 Å². The highest BCUT2D eigenvalue weighted by atomic mass is 16.1. The third-order valence-electron chi connectivity index (χ3n) is 3.70. The predicted molar refractivity (Wildman–Crippen MR) is 76.2 cm³/mol. The van der Waals surface area contributed by atoms with Crippen LogP contribution in [0.3, 0.4) is 0 Å².